The van der Waals surface area contributed by atoms with E-state index in [4.69, 9.17) is 5.73 Å². The summed E-state index contributed by atoms with van der Waals surface area (Å²) < 4.78 is 22.8. The number of rotatable bonds is 7. The molecule has 4 heteroatoms. The molecule has 102 valence electrons. The Hall–Kier alpha value is -0.870. The summed E-state index contributed by atoms with van der Waals surface area (Å²) in [6.45, 7) is 3.67. The number of benzene rings is 1. The quantitative estimate of drug-likeness (QED) is 0.825. The van der Waals surface area contributed by atoms with Gasteiger partial charge in [-0.05, 0) is 31.7 Å². The Morgan fingerprint density at radius 2 is 1.83 bits per heavy atom. The molecule has 1 aromatic carbocycles. The van der Waals surface area contributed by atoms with Crippen LogP contribution in [-0.2, 0) is 16.3 Å². The molecule has 3 nitrogen and oxygen atoms in total. The molecule has 1 aromatic rings. The van der Waals surface area contributed by atoms with Gasteiger partial charge >= 0.3 is 0 Å². The molecule has 0 bridgehead atoms. The molecule has 0 aliphatic carbocycles. The Morgan fingerprint density at radius 3 is 2.39 bits per heavy atom. The highest BCUT2D eigenvalue weighted by atomic mass is 32.2. The maximum absolute atomic E-state index is 11.4. The van der Waals surface area contributed by atoms with Crippen molar-refractivity contribution < 1.29 is 8.42 Å². The largest absolute Gasteiger partial charge is 0.325 e. The lowest BCUT2D eigenvalue weighted by Crippen LogP contribution is -2.38. The van der Waals surface area contributed by atoms with E-state index in [-0.39, 0.29) is 17.0 Å². The van der Waals surface area contributed by atoms with Crippen LogP contribution in [0.25, 0.3) is 0 Å². The lowest BCUT2D eigenvalue weighted by atomic mass is 9.90. The summed E-state index contributed by atoms with van der Waals surface area (Å²) in [5.41, 5.74) is 7.08. The fraction of sp³-hybridized carbons (Fsp3) is 0.571. The Bertz CT molecular complexity index is 452. The van der Waals surface area contributed by atoms with E-state index in [0.29, 0.717) is 6.42 Å². The molecule has 0 aliphatic rings. The first-order valence-corrected chi connectivity index (χ1v) is 8.20. The first-order valence-electron chi connectivity index (χ1n) is 6.38. The summed E-state index contributed by atoms with van der Waals surface area (Å²) in [4.78, 5) is 0. The molecule has 0 fully saturated rings. The van der Waals surface area contributed by atoms with Crippen molar-refractivity contribution in [2.24, 2.45) is 5.73 Å². The Labute approximate surface area is 110 Å². The first-order chi connectivity index (χ1) is 8.35. The van der Waals surface area contributed by atoms with Crippen LogP contribution in [0.3, 0.4) is 0 Å². The van der Waals surface area contributed by atoms with Crippen LogP contribution >= 0.6 is 0 Å². The smallest absolute Gasteiger partial charge is 0.150 e. The second-order valence-electron chi connectivity index (χ2n) is 5.16. The summed E-state index contributed by atoms with van der Waals surface area (Å²) >= 11 is 0. The van der Waals surface area contributed by atoms with E-state index >= 15 is 0 Å². The molecular weight excluding hydrogens is 246 g/mol. The van der Waals surface area contributed by atoms with Crippen LogP contribution < -0.4 is 5.73 Å². The molecule has 1 atom stereocenters. The summed E-state index contributed by atoms with van der Waals surface area (Å²) in [5, 5.41) is 0. The van der Waals surface area contributed by atoms with E-state index in [2.05, 4.69) is 0 Å². The van der Waals surface area contributed by atoms with Gasteiger partial charge < -0.3 is 5.73 Å². The predicted molar refractivity (Wildman–Crippen MR) is 76.3 cm³/mol. The third-order valence-electron chi connectivity index (χ3n) is 3.09. The number of sulfone groups is 1. The number of hydrogen-bond acceptors (Lipinski definition) is 3. The SMILES string of the molecule is CCS(=O)(=O)CCCC(C)(N)Cc1ccccc1. The van der Waals surface area contributed by atoms with Gasteiger partial charge in [0.1, 0.15) is 9.84 Å². The molecule has 0 aliphatic heterocycles. The van der Waals surface area contributed by atoms with Crippen LogP contribution in [0.2, 0.25) is 0 Å². The van der Waals surface area contributed by atoms with Crippen LogP contribution in [0.4, 0.5) is 0 Å². The third-order valence-corrected chi connectivity index (χ3v) is 4.88. The Kier molecular flexibility index (Phi) is 5.35. The fourth-order valence-electron chi connectivity index (χ4n) is 1.99. The zero-order chi connectivity index (χ0) is 13.6. The molecule has 18 heavy (non-hydrogen) atoms. The van der Waals surface area contributed by atoms with Gasteiger partial charge in [-0.3, -0.25) is 0 Å². The molecule has 2 N–H and O–H groups in total. The summed E-state index contributed by atoms with van der Waals surface area (Å²) in [6, 6.07) is 10.1. The van der Waals surface area contributed by atoms with Crippen molar-refractivity contribution in [3.05, 3.63) is 35.9 Å². The minimum atomic E-state index is -2.87. The summed E-state index contributed by atoms with van der Waals surface area (Å²) in [5.74, 6) is 0.456. The van der Waals surface area contributed by atoms with Crippen LogP contribution in [0.5, 0.6) is 0 Å². The highest BCUT2D eigenvalue weighted by molar-refractivity contribution is 7.91. The zero-order valence-corrected chi connectivity index (χ0v) is 12.0. The van der Waals surface area contributed by atoms with E-state index in [1.165, 1.54) is 5.56 Å². The van der Waals surface area contributed by atoms with E-state index in [0.717, 1.165) is 12.8 Å². The van der Waals surface area contributed by atoms with Gasteiger partial charge in [0.15, 0.2) is 0 Å². The molecule has 0 heterocycles. The maximum Gasteiger partial charge on any atom is 0.150 e. The maximum atomic E-state index is 11.4. The molecule has 0 saturated heterocycles. The van der Waals surface area contributed by atoms with Gasteiger partial charge in [0.25, 0.3) is 0 Å². The van der Waals surface area contributed by atoms with E-state index in [1.54, 1.807) is 6.92 Å². The van der Waals surface area contributed by atoms with Gasteiger partial charge in [-0.1, -0.05) is 37.3 Å². The Morgan fingerprint density at radius 1 is 1.22 bits per heavy atom. The predicted octanol–water partition coefficient (Wildman–Crippen LogP) is 2.16. The molecule has 1 unspecified atom stereocenters. The van der Waals surface area contributed by atoms with Gasteiger partial charge in [0.2, 0.25) is 0 Å². The lowest BCUT2D eigenvalue weighted by molar-refractivity contribution is 0.424. The van der Waals surface area contributed by atoms with Gasteiger partial charge in [0, 0.05) is 11.3 Å². The molecule has 0 aromatic heterocycles. The highest BCUT2D eigenvalue weighted by Crippen LogP contribution is 2.16. The normalized spacial score (nSPS) is 15.3. The van der Waals surface area contributed by atoms with E-state index in [1.807, 2.05) is 37.3 Å². The average molecular weight is 269 g/mol. The molecule has 0 radical (unpaired) electrons. The standard InChI is InChI=1S/C14H23NO2S/c1-3-18(16,17)11-7-10-14(2,15)12-13-8-5-4-6-9-13/h4-6,8-9H,3,7,10-12,15H2,1-2H3. The topological polar surface area (TPSA) is 60.2 Å². The molecule has 0 spiro atoms. The zero-order valence-electron chi connectivity index (χ0n) is 11.2. The van der Waals surface area contributed by atoms with Gasteiger partial charge in [-0.15, -0.1) is 0 Å². The highest BCUT2D eigenvalue weighted by Gasteiger charge is 2.20. The van der Waals surface area contributed by atoms with Crippen molar-refractivity contribution in [3.63, 3.8) is 0 Å². The van der Waals surface area contributed by atoms with Crippen LogP contribution in [0.15, 0.2) is 30.3 Å². The monoisotopic (exact) mass is 269 g/mol. The summed E-state index contributed by atoms with van der Waals surface area (Å²) in [7, 11) is -2.87. The fourth-order valence-corrected chi connectivity index (χ4v) is 2.86. The Balaban J connectivity index is 2.46. The molecular formula is C14H23NO2S. The second kappa shape index (κ2) is 6.34. The van der Waals surface area contributed by atoms with E-state index < -0.39 is 9.84 Å². The number of nitrogens with two attached hydrogens (primary N) is 1. The van der Waals surface area contributed by atoms with Crippen molar-refractivity contribution in [3.8, 4) is 0 Å². The van der Waals surface area contributed by atoms with Crippen molar-refractivity contribution in [1.82, 2.24) is 0 Å². The van der Waals surface area contributed by atoms with Gasteiger partial charge in [-0.2, -0.15) is 0 Å². The van der Waals surface area contributed by atoms with Crippen molar-refractivity contribution >= 4 is 9.84 Å². The van der Waals surface area contributed by atoms with Crippen LogP contribution in [0, 0.1) is 0 Å². The lowest BCUT2D eigenvalue weighted by Gasteiger charge is -2.24. The summed E-state index contributed by atoms with van der Waals surface area (Å²) in [6.07, 6.45) is 2.14. The minimum Gasteiger partial charge on any atom is -0.325 e. The van der Waals surface area contributed by atoms with Crippen LogP contribution in [-0.4, -0.2) is 25.5 Å². The molecule has 1 rings (SSSR count). The van der Waals surface area contributed by atoms with E-state index in [9.17, 15) is 8.42 Å². The van der Waals surface area contributed by atoms with Crippen molar-refractivity contribution in [2.45, 2.75) is 38.6 Å². The average Bonchev–Trinajstić information content (AvgIpc) is 2.29. The third kappa shape index (κ3) is 5.65. The number of hydrogen-bond donors (Lipinski definition) is 1. The van der Waals surface area contributed by atoms with Crippen LogP contribution in [0.1, 0.15) is 32.3 Å². The molecule has 0 amide bonds. The molecule has 0 saturated carbocycles. The van der Waals surface area contributed by atoms with Crippen molar-refractivity contribution in [1.29, 1.82) is 0 Å². The minimum absolute atomic E-state index is 0.215. The van der Waals surface area contributed by atoms with Crippen molar-refractivity contribution in [2.75, 3.05) is 11.5 Å². The second-order valence-corrected chi connectivity index (χ2v) is 7.63. The van der Waals surface area contributed by atoms with Gasteiger partial charge in [-0.25, -0.2) is 8.42 Å². The van der Waals surface area contributed by atoms with Gasteiger partial charge in [0.05, 0.1) is 5.75 Å². The first kappa shape index (κ1) is 15.2.